The third-order valence-electron chi connectivity index (χ3n) is 4.42. The van der Waals surface area contributed by atoms with Gasteiger partial charge in [-0.1, -0.05) is 19.9 Å². The molecule has 1 atom stereocenters. The van der Waals surface area contributed by atoms with Crippen molar-refractivity contribution in [2.75, 3.05) is 0 Å². The van der Waals surface area contributed by atoms with Gasteiger partial charge in [0.25, 0.3) is 0 Å². The number of aryl methyl sites for hydroxylation is 1. The van der Waals surface area contributed by atoms with E-state index in [2.05, 4.69) is 44.8 Å². The summed E-state index contributed by atoms with van der Waals surface area (Å²) in [6.07, 6.45) is 5.61. The molecular formula is C15H23NO. The van der Waals surface area contributed by atoms with E-state index < -0.39 is 0 Å². The number of nitrogens with zero attached hydrogens (tertiary/aromatic N) is 1. The van der Waals surface area contributed by atoms with E-state index in [1.54, 1.807) is 0 Å². The Morgan fingerprint density at radius 3 is 2.53 bits per heavy atom. The second-order valence-electron chi connectivity index (χ2n) is 6.05. The lowest BCUT2D eigenvalue weighted by Crippen LogP contribution is -2.62. The fourth-order valence-electron chi connectivity index (χ4n) is 2.42. The number of ether oxygens (including phenoxy) is 1. The molecule has 0 spiro atoms. The van der Waals surface area contributed by atoms with Crippen LogP contribution in [0.4, 0.5) is 0 Å². The summed E-state index contributed by atoms with van der Waals surface area (Å²) in [6, 6.07) is 6.11. The number of hydrogen-bond donors (Lipinski definition) is 0. The first kappa shape index (κ1) is 12.6. The van der Waals surface area contributed by atoms with Crippen LogP contribution in [0.2, 0.25) is 0 Å². The van der Waals surface area contributed by atoms with Crippen LogP contribution in [-0.2, 0) is 11.2 Å². The normalized spacial score (nSPS) is 25.3. The van der Waals surface area contributed by atoms with Crippen molar-refractivity contribution in [1.29, 1.82) is 0 Å². The van der Waals surface area contributed by atoms with Gasteiger partial charge in [0.15, 0.2) is 0 Å². The zero-order valence-electron chi connectivity index (χ0n) is 11.4. The van der Waals surface area contributed by atoms with E-state index in [-0.39, 0.29) is 11.0 Å². The molecule has 0 saturated carbocycles. The summed E-state index contributed by atoms with van der Waals surface area (Å²) in [4.78, 5) is 4.34. The van der Waals surface area contributed by atoms with Crippen molar-refractivity contribution in [3.63, 3.8) is 0 Å². The standard InChI is InChI=1S/C15H23NO/c1-14(2)13(17-15(14,3)4)10-7-9-12-8-5-6-11-16-12/h5-6,8,11,13H,7,9-10H2,1-4H3. The molecule has 2 heterocycles. The van der Waals surface area contributed by atoms with Gasteiger partial charge in [0.2, 0.25) is 0 Å². The number of rotatable bonds is 4. The quantitative estimate of drug-likeness (QED) is 0.792. The number of aromatic nitrogens is 1. The van der Waals surface area contributed by atoms with E-state index in [0.717, 1.165) is 19.3 Å². The Hall–Kier alpha value is -0.890. The van der Waals surface area contributed by atoms with Gasteiger partial charge < -0.3 is 4.74 Å². The lowest BCUT2D eigenvalue weighted by molar-refractivity contribution is -0.291. The van der Waals surface area contributed by atoms with Gasteiger partial charge in [-0.3, -0.25) is 4.98 Å². The minimum absolute atomic E-state index is 0.0304. The van der Waals surface area contributed by atoms with E-state index in [0.29, 0.717) is 6.10 Å². The maximum atomic E-state index is 5.96. The Morgan fingerprint density at radius 1 is 1.24 bits per heavy atom. The molecule has 1 aliphatic rings. The van der Waals surface area contributed by atoms with Crippen molar-refractivity contribution in [3.05, 3.63) is 30.1 Å². The molecule has 1 unspecified atom stereocenters. The van der Waals surface area contributed by atoms with Crippen LogP contribution in [0.25, 0.3) is 0 Å². The molecule has 0 bridgehead atoms. The average molecular weight is 233 g/mol. The molecule has 0 N–H and O–H groups in total. The molecule has 0 aliphatic carbocycles. The number of hydrogen-bond acceptors (Lipinski definition) is 2. The van der Waals surface area contributed by atoms with Crippen molar-refractivity contribution >= 4 is 0 Å². The lowest BCUT2D eigenvalue weighted by atomic mass is 9.66. The molecule has 1 fully saturated rings. The predicted octanol–water partition coefficient (Wildman–Crippen LogP) is 3.61. The third kappa shape index (κ3) is 2.37. The monoisotopic (exact) mass is 233 g/mol. The Labute approximate surface area is 104 Å². The van der Waals surface area contributed by atoms with Crippen molar-refractivity contribution in [2.45, 2.75) is 58.7 Å². The summed E-state index contributed by atoms with van der Waals surface area (Å²) < 4.78 is 5.96. The fourth-order valence-corrected chi connectivity index (χ4v) is 2.42. The van der Waals surface area contributed by atoms with Crippen LogP contribution in [0.1, 0.15) is 46.2 Å². The highest BCUT2D eigenvalue weighted by Crippen LogP contribution is 2.50. The van der Waals surface area contributed by atoms with Crippen LogP contribution in [0.15, 0.2) is 24.4 Å². The summed E-state index contributed by atoms with van der Waals surface area (Å²) in [5.41, 5.74) is 1.50. The van der Waals surface area contributed by atoms with Gasteiger partial charge in [0, 0.05) is 17.3 Å². The van der Waals surface area contributed by atoms with E-state index in [1.807, 2.05) is 12.3 Å². The van der Waals surface area contributed by atoms with Crippen LogP contribution in [0.5, 0.6) is 0 Å². The summed E-state index contributed by atoms with van der Waals surface area (Å²) in [6.45, 7) is 8.98. The van der Waals surface area contributed by atoms with Gasteiger partial charge in [0.1, 0.15) is 0 Å². The van der Waals surface area contributed by atoms with Gasteiger partial charge in [0.05, 0.1) is 11.7 Å². The van der Waals surface area contributed by atoms with Crippen LogP contribution >= 0.6 is 0 Å². The highest BCUT2D eigenvalue weighted by Gasteiger charge is 2.54. The molecule has 1 saturated heterocycles. The third-order valence-corrected chi connectivity index (χ3v) is 4.42. The Balaban J connectivity index is 1.78. The molecule has 2 heteroatoms. The molecule has 0 radical (unpaired) electrons. The minimum Gasteiger partial charge on any atom is -0.371 e. The SMILES string of the molecule is CC1(C)OC(CCCc2ccccn2)C1(C)C. The second kappa shape index (κ2) is 4.41. The van der Waals surface area contributed by atoms with Crippen LogP contribution in [0.3, 0.4) is 0 Å². The molecule has 1 aromatic rings. The summed E-state index contributed by atoms with van der Waals surface area (Å²) in [5, 5.41) is 0. The van der Waals surface area contributed by atoms with Crippen molar-refractivity contribution in [3.8, 4) is 0 Å². The van der Waals surface area contributed by atoms with E-state index in [1.165, 1.54) is 5.69 Å². The smallest absolute Gasteiger partial charge is 0.0705 e. The van der Waals surface area contributed by atoms with E-state index >= 15 is 0 Å². The van der Waals surface area contributed by atoms with E-state index in [4.69, 9.17) is 4.74 Å². The first-order chi connectivity index (χ1) is 7.93. The molecule has 1 aromatic heterocycles. The van der Waals surface area contributed by atoms with E-state index in [9.17, 15) is 0 Å². The summed E-state index contributed by atoms with van der Waals surface area (Å²) in [5.74, 6) is 0. The van der Waals surface area contributed by atoms with Crippen LogP contribution < -0.4 is 0 Å². The highest BCUT2D eigenvalue weighted by molar-refractivity contribution is 5.05. The van der Waals surface area contributed by atoms with Crippen molar-refractivity contribution in [2.24, 2.45) is 5.41 Å². The Kier molecular flexibility index (Phi) is 3.26. The molecule has 0 amide bonds. The minimum atomic E-state index is 0.0304. The molecular weight excluding hydrogens is 210 g/mol. The summed E-state index contributed by atoms with van der Waals surface area (Å²) >= 11 is 0. The molecule has 94 valence electrons. The van der Waals surface area contributed by atoms with Gasteiger partial charge in [-0.25, -0.2) is 0 Å². The second-order valence-corrected chi connectivity index (χ2v) is 6.05. The predicted molar refractivity (Wildman–Crippen MR) is 69.9 cm³/mol. The van der Waals surface area contributed by atoms with Gasteiger partial charge in [-0.15, -0.1) is 0 Å². The molecule has 2 rings (SSSR count). The van der Waals surface area contributed by atoms with Crippen molar-refractivity contribution in [1.82, 2.24) is 4.98 Å². The summed E-state index contributed by atoms with van der Waals surface area (Å²) in [7, 11) is 0. The topological polar surface area (TPSA) is 22.1 Å². The molecule has 0 aromatic carbocycles. The zero-order valence-corrected chi connectivity index (χ0v) is 11.4. The maximum absolute atomic E-state index is 5.96. The van der Waals surface area contributed by atoms with Gasteiger partial charge in [-0.2, -0.15) is 0 Å². The first-order valence-electron chi connectivity index (χ1n) is 6.51. The van der Waals surface area contributed by atoms with Crippen LogP contribution in [0, 0.1) is 5.41 Å². The Bertz CT molecular complexity index is 370. The Morgan fingerprint density at radius 2 is 2.00 bits per heavy atom. The van der Waals surface area contributed by atoms with Crippen LogP contribution in [-0.4, -0.2) is 16.7 Å². The van der Waals surface area contributed by atoms with Gasteiger partial charge in [-0.05, 0) is 45.2 Å². The molecule has 1 aliphatic heterocycles. The number of pyridine rings is 1. The largest absolute Gasteiger partial charge is 0.371 e. The first-order valence-corrected chi connectivity index (χ1v) is 6.51. The van der Waals surface area contributed by atoms with Crippen molar-refractivity contribution < 1.29 is 4.74 Å². The highest BCUT2D eigenvalue weighted by atomic mass is 16.5. The fraction of sp³-hybridized carbons (Fsp3) is 0.667. The zero-order chi connectivity index (χ0) is 12.5. The maximum Gasteiger partial charge on any atom is 0.0705 e. The molecule has 2 nitrogen and oxygen atoms in total. The van der Waals surface area contributed by atoms with Gasteiger partial charge >= 0.3 is 0 Å². The molecule has 17 heavy (non-hydrogen) atoms. The lowest BCUT2D eigenvalue weighted by Gasteiger charge is -2.58. The average Bonchev–Trinajstić information content (AvgIpc) is 2.29.